The van der Waals surface area contributed by atoms with Crippen LogP contribution in [0.4, 0.5) is 11.6 Å². The second kappa shape index (κ2) is 7.19. The van der Waals surface area contributed by atoms with Gasteiger partial charge in [-0.25, -0.2) is 9.97 Å². The van der Waals surface area contributed by atoms with Gasteiger partial charge < -0.3 is 10.6 Å². The number of aromatic nitrogens is 2. The van der Waals surface area contributed by atoms with Gasteiger partial charge in [-0.3, -0.25) is 0 Å². The summed E-state index contributed by atoms with van der Waals surface area (Å²) >= 11 is 0. The smallest absolute Gasteiger partial charge is 0.132 e. The second-order valence-corrected chi connectivity index (χ2v) is 5.11. The molecular weight excluding hydrogens is 224 g/mol. The second-order valence-electron chi connectivity index (χ2n) is 5.11. The number of rotatable bonds is 7. The minimum atomic E-state index is 0.430. The molecule has 0 bridgehead atoms. The molecule has 1 unspecified atom stereocenters. The predicted octanol–water partition coefficient (Wildman–Crippen LogP) is 3.32. The molecule has 1 rings (SSSR count). The fourth-order valence-corrected chi connectivity index (χ4v) is 2.02. The maximum absolute atomic E-state index is 4.52. The third-order valence-electron chi connectivity index (χ3n) is 2.67. The summed E-state index contributed by atoms with van der Waals surface area (Å²) in [6, 6.07) is 2.42. The van der Waals surface area contributed by atoms with Crippen molar-refractivity contribution in [2.75, 3.05) is 17.2 Å². The zero-order valence-corrected chi connectivity index (χ0v) is 12.2. The lowest BCUT2D eigenvalue weighted by Gasteiger charge is -2.17. The lowest BCUT2D eigenvalue weighted by Crippen LogP contribution is -2.19. The highest BCUT2D eigenvalue weighted by Crippen LogP contribution is 2.15. The summed E-state index contributed by atoms with van der Waals surface area (Å²) in [5.74, 6) is 3.40. The van der Waals surface area contributed by atoms with Crippen molar-refractivity contribution >= 4 is 11.6 Å². The fraction of sp³-hybridized carbons (Fsp3) is 0.714. The lowest BCUT2D eigenvalue weighted by atomic mass is 10.1. The van der Waals surface area contributed by atoms with Crippen LogP contribution >= 0.6 is 0 Å². The minimum absolute atomic E-state index is 0.430. The molecule has 1 aromatic rings. The van der Waals surface area contributed by atoms with Crippen LogP contribution < -0.4 is 10.6 Å². The SMILES string of the molecule is CCNc1cc(NC(C)CC(C)C)nc(CC)n1. The van der Waals surface area contributed by atoms with Crippen LogP contribution in [0.15, 0.2) is 6.07 Å². The van der Waals surface area contributed by atoms with Crippen molar-refractivity contribution in [2.45, 2.75) is 53.5 Å². The summed E-state index contributed by atoms with van der Waals surface area (Å²) < 4.78 is 0. The molecule has 0 fully saturated rings. The number of anilines is 2. The van der Waals surface area contributed by atoms with Crippen molar-refractivity contribution < 1.29 is 0 Å². The third kappa shape index (κ3) is 4.90. The monoisotopic (exact) mass is 250 g/mol. The molecule has 0 aromatic carbocycles. The van der Waals surface area contributed by atoms with Crippen LogP contribution in [0.5, 0.6) is 0 Å². The molecule has 4 heteroatoms. The number of nitrogens with zero attached hydrogens (tertiary/aromatic N) is 2. The van der Waals surface area contributed by atoms with Crippen LogP contribution in [0.1, 0.15) is 46.9 Å². The quantitative estimate of drug-likeness (QED) is 0.779. The molecule has 18 heavy (non-hydrogen) atoms. The molecule has 102 valence electrons. The number of aryl methyl sites for hydroxylation is 1. The summed E-state index contributed by atoms with van der Waals surface area (Å²) in [5, 5.41) is 6.70. The van der Waals surface area contributed by atoms with Gasteiger partial charge in [0.15, 0.2) is 0 Å². The first-order valence-corrected chi connectivity index (χ1v) is 6.93. The van der Waals surface area contributed by atoms with Crippen LogP contribution in [0.2, 0.25) is 0 Å². The first kappa shape index (κ1) is 14.7. The van der Waals surface area contributed by atoms with Crippen molar-refractivity contribution in [1.29, 1.82) is 0 Å². The van der Waals surface area contributed by atoms with Gasteiger partial charge in [0.1, 0.15) is 17.5 Å². The Kier molecular flexibility index (Phi) is 5.89. The molecule has 1 atom stereocenters. The van der Waals surface area contributed by atoms with Gasteiger partial charge >= 0.3 is 0 Å². The van der Waals surface area contributed by atoms with Crippen molar-refractivity contribution in [3.05, 3.63) is 11.9 Å². The van der Waals surface area contributed by atoms with Crippen molar-refractivity contribution in [3.63, 3.8) is 0 Å². The van der Waals surface area contributed by atoms with Crippen molar-refractivity contribution in [2.24, 2.45) is 5.92 Å². The molecule has 0 spiro atoms. The summed E-state index contributed by atoms with van der Waals surface area (Å²) in [6.07, 6.45) is 1.99. The molecule has 0 saturated heterocycles. The van der Waals surface area contributed by atoms with Crippen LogP contribution in [-0.4, -0.2) is 22.6 Å². The molecule has 0 aliphatic carbocycles. The summed E-state index contributed by atoms with van der Waals surface area (Å²) in [7, 11) is 0. The van der Waals surface area contributed by atoms with E-state index >= 15 is 0 Å². The molecule has 0 aliphatic rings. The van der Waals surface area contributed by atoms with Gasteiger partial charge in [0, 0.05) is 25.1 Å². The highest BCUT2D eigenvalue weighted by Gasteiger charge is 2.08. The van der Waals surface area contributed by atoms with E-state index in [2.05, 4.69) is 55.2 Å². The zero-order valence-electron chi connectivity index (χ0n) is 12.2. The van der Waals surface area contributed by atoms with Gasteiger partial charge in [-0.1, -0.05) is 20.8 Å². The van der Waals surface area contributed by atoms with Crippen LogP contribution in [-0.2, 0) is 6.42 Å². The van der Waals surface area contributed by atoms with Crippen molar-refractivity contribution in [3.8, 4) is 0 Å². The van der Waals surface area contributed by atoms with Gasteiger partial charge in [0.2, 0.25) is 0 Å². The Morgan fingerprint density at radius 1 is 1.11 bits per heavy atom. The molecule has 2 N–H and O–H groups in total. The van der Waals surface area contributed by atoms with E-state index in [0.717, 1.165) is 36.8 Å². The highest BCUT2D eigenvalue weighted by atomic mass is 15.1. The van der Waals surface area contributed by atoms with E-state index in [1.165, 1.54) is 0 Å². The van der Waals surface area contributed by atoms with E-state index in [4.69, 9.17) is 0 Å². The molecule has 0 saturated carbocycles. The fourth-order valence-electron chi connectivity index (χ4n) is 2.02. The lowest BCUT2D eigenvalue weighted by molar-refractivity contribution is 0.538. The van der Waals surface area contributed by atoms with E-state index in [-0.39, 0.29) is 0 Å². The third-order valence-corrected chi connectivity index (χ3v) is 2.67. The molecule has 4 nitrogen and oxygen atoms in total. The van der Waals surface area contributed by atoms with E-state index in [0.29, 0.717) is 12.0 Å². The van der Waals surface area contributed by atoms with Crippen molar-refractivity contribution in [1.82, 2.24) is 9.97 Å². The zero-order chi connectivity index (χ0) is 13.5. The van der Waals surface area contributed by atoms with Crippen LogP contribution in [0, 0.1) is 5.92 Å². The van der Waals surface area contributed by atoms with Gasteiger partial charge in [-0.05, 0) is 26.2 Å². The number of nitrogens with one attached hydrogen (secondary N) is 2. The average molecular weight is 250 g/mol. The van der Waals surface area contributed by atoms with Crippen LogP contribution in [0.25, 0.3) is 0 Å². The predicted molar refractivity (Wildman–Crippen MR) is 78.1 cm³/mol. The summed E-state index contributed by atoms with van der Waals surface area (Å²) in [4.78, 5) is 8.97. The van der Waals surface area contributed by atoms with Gasteiger partial charge in [0.25, 0.3) is 0 Å². The van der Waals surface area contributed by atoms with E-state index in [9.17, 15) is 0 Å². The molecule has 1 aromatic heterocycles. The Balaban J connectivity index is 2.77. The minimum Gasteiger partial charge on any atom is -0.370 e. The Bertz CT molecular complexity index is 363. The average Bonchev–Trinajstić information content (AvgIpc) is 2.27. The Morgan fingerprint density at radius 3 is 2.33 bits per heavy atom. The van der Waals surface area contributed by atoms with Gasteiger partial charge in [-0.2, -0.15) is 0 Å². The summed E-state index contributed by atoms with van der Waals surface area (Å²) in [6.45, 7) is 11.7. The topological polar surface area (TPSA) is 49.8 Å². The first-order chi connectivity index (χ1) is 8.55. The van der Waals surface area contributed by atoms with E-state index in [1.807, 2.05) is 6.07 Å². The normalized spacial score (nSPS) is 12.6. The van der Waals surface area contributed by atoms with E-state index in [1.54, 1.807) is 0 Å². The van der Waals surface area contributed by atoms with E-state index < -0.39 is 0 Å². The molecule has 1 heterocycles. The van der Waals surface area contributed by atoms with Crippen LogP contribution in [0.3, 0.4) is 0 Å². The van der Waals surface area contributed by atoms with Gasteiger partial charge in [-0.15, -0.1) is 0 Å². The maximum Gasteiger partial charge on any atom is 0.132 e. The highest BCUT2D eigenvalue weighted by molar-refractivity contribution is 5.48. The molecule has 0 amide bonds. The largest absolute Gasteiger partial charge is 0.370 e. The summed E-state index contributed by atoms with van der Waals surface area (Å²) in [5.41, 5.74) is 0. The number of hydrogen-bond donors (Lipinski definition) is 2. The molecule has 0 radical (unpaired) electrons. The molecular formula is C14H26N4. The Hall–Kier alpha value is -1.32. The maximum atomic E-state index is 4.52. The first-order valence-electron chi connectivity index (χ1n) is 6.93. The Labute approximate surface area is 111 Å². The number of hydrogen-bond acceptors (Lipinski definition) is 4. The van der Waals surface area contributed by atoms with Gasteiger partial charge in [0.05, 0.1) is 0 Å². The standard InChI is InChI=1S/C14H26N4/c1-6-12-17-13(15-7-2)9-14(18-12)16-11(5)8-10(3)4/h9-11H,6-8H2,1-5H3,(H2,15,16,17,18). The molecule has 0 aliphatic heterocycles. The Morgan fingerprint density at radius 2 is 1.78 bits per heavy atom.